The zero-order valence-electron chi connectivity index (χ0n) is 9.81. The van der Waals surface area contributed by atoms with E-state index >= 15 is 0 Å². The fourth-order valence-electron chi connectivity index (χ4n) is 2.30. The Labute approximate surface area is 120 Å². The third kappa shape index (κ3) is 1.93. The number of hydrogen-bond acceptors (Lipinski definition) is 2. The van der Waals surface area contributed by atoms with E-state index in [1.165, 1.54) is 5.57 Å². The van der Waals surface area contributed by atoms with Crippen molar-refractivity contribution in [3.05, 3.63) is 41.5 Å². The summed E-state index contributed by atoms with van der Waals surface area (Å²) in [5.41, 5.74) is 3.34. The first kappa shape index (κ1) is 11.7. The highest BCUT2D eigenvalue weighted by atomic mass is 127. The van der Waals surface area contributed by atoms with Gasteiger partial charge in [0.05, 0.1) is 46.2 Å². The van der Waals surface area contributed by atoms with Gasteiger partial charge < -0.3 is 0 Å². The van der Waals surface area contributed by atoms with E-state index in [1.54, 1.807) is 0 Å². The Kier molecular flexibility index (Phi) is 3.08. The molecule has 0 bridgehead atoms. The molecular weight excluding hydrogens is 337 g/mol. The molecule has 4 heteroatoms. The predicted octanol–water partition coefficient (Wildman–Crippen LogP) is 3.52. The van der Waals surface area contributed by atoms with Gasteiger partial charge in [0, 0.05) is 12.0 Å². The lowest BCUT2D eigenvalue weighted by molar-refractivity contribution is 0.789. The molecule has 0 amide bonds. The van der Waals surface area contributed by atoms with Crippen molar-refractivity contribution in [2.45, 2.75) is 19.3 Å². The molecule has 3 rings (SSSR count). The summed E-state index contributed by atoms with van der Waals surface area (Å²) < 4.78 is 2.10. The molecule has 1 unspecified atom stereocenters. The maximum absolute atomic E-state index is 8.98. The monoisotopic (exact) mass is 349 g/mol. The molecule has 1 aromatic rings. The van der Waals surface area contributed by atoms with E-state index < -0.39 is 0 Å². The van der Waals surface area contributed by atoms with E-state index in [0.717, 1.165) is 36.5 Å². The van der Waals surface area contributed by atoms with Crippen molar-refractivity contribution in [3.8, 4) is 6.07 Å². The molecule has 0 N–H and O–H groups in total. The lowest BCUT2D eigenvalue weighted by atomic mass is 9.98. The van der Waals surface area contributed by atoms with E-state index in [0.29, 0.717) is 0 Å². The molecule has 18 heavy (non-hydrogen) atoms. The number of nitriles is 1. The van der Waals surface area contributed by atoms with Gasteiger partial charge in [-0.05, 0) is 18.9 Å². The third-order valence-electron chi connectivity index (χ3n) is 3.25. The molecule has 0 saturated carbocycles. The molecule has 3 nitrogen and oxygen atoms in total. The predicted molar refractivity (Wildman–Crippen MR) is 79.8 cm³/mol. The highest BCUT2D eigenvalue weighted by Crippen LogP contribution is 2.30. The van der Waals surface area contributed by atoms with Crippen LogP contribution in [0.25, 0.3) is 11.6 Å². The zero-order valence-corrected chi connectivity index (χ0v) is 12.0. The molecular formula is C14H12IN3. The topological polar surface area (TPSA) is 41.6 Å². The maximum Gasteiger partial charge on any atom is 0.149 e. The Morgan fingerprint density at radius 1 is 1.39 bits per heavy atom. The van der Waals surface area contributed by atoms with Crippen LogP contribution in [-0.4, -0.2) is 7.76 Å². The number of imidazole rings is 1. The van der Waals surface area contributed by atoms with E-state index in [2.05, 4.69) is 49.9 Å². The molecule has 0 spiro atoms. The first-order valence-corrected chi connectivity index (χ1v) is 6.98. The smallest absolute Gasteiger partial charge is 0.149 e. The number of hydrogen-bond donors (Lipinski definition) is 0. The largest absolute Gasteiger partial charge is 0.264 e. The molecule has 0 aliphatic heterocycles. The average molecular weight is 349 g/mol. The number of aromatic nitrogens is 2. The standard InChI is InChI=1S/C14H12IN3/c15-18-13-7-6-10(9-16)8-12(13)17-14(18)11-4-2-1-3-5-11/h2,4-7,10H,1,3,8H2. The molecule has 0 fully saturated rings. The van der Waals surface area contributed by atoms with Crippen LogP contribution in [0.4, 0.5) is 0 Å². The van der Waals surface area contributed by atoms with Crippen LogP contribution in [0.5, 0.6) is 0 Å². The van der Waals surface area contributed by atoms with Crippen molar-refractivity contribution in [3.63, 3.8) is 0 Å². The number of nitrogens with zero attached hydrogens (tertiary/aromatic N) is 3. The summed E-state index contributed by atoms with van der Waals surface area (Å²) in [7, 11) is 0. The van der Waals surface area contributed by atoms with Gasteiger partial charge in [0.1, 0.15) is 5.82 Å². The second-order valence-corrected chi connectivity index (χ2v) is 5.45. The van der Waals surface area contributed by atoms with Gasteiger partial charge in [0.2, 0.25) is 0 Å². The van der Waals surface area contributed by atoms with Crippen LogP contribution in [-0.2, 0) is 6.42 Å². The summed E-state index contributed by atoms with van der Waals surface area (Å²) >= 11 is 2.29. The summed E-state index contributed by atoms with van der Waals surface area (Å²) in [5.74, 6) is 0.965. The second-order valence-electron chi connectivity index (χ2n) is 4.49. The van der Waals surface area contributed by atoms with Crippen molar-refractivity contribution in [1.82, 2.24) is 7.76 Å². The Bertz CT molecular complexity index is 614. The molecule has 1 heterocycles. The zero-order chi connectivity index (χ0) is 12.5. The Balaban J connectivity index is 2.03. The summed E-state index contributed by atoms with van der Waals surface area (Å²) in [6.45, 7) is 0. The maximum atomic E-state index is 8.98. The number of allylic oxidation sites excluding steroid dienone is 5. The van der Waals surface area contributed by atoms with Gasteiger partial charge in [-0.25, -0.2) is 4.98 Å². The fourth-order valence-corrected chi connectivity index (χ4v) is 3.12. The first-order valence-electron chi connectivity index (χ1n) is 6.02. The molecule has 1 atom stereocenters. The van der Waals surface area contributed by atoms with Crippen LogP contribution in [0, 0.1) is 17.2 Å². The Morgan fingerprint density at radius 3 is 3.00 bits per heavy atom. The minimum atomic E-state index is -0.0347. The van der Waals surface area contributed by atoms with Gasteiger partial charge in [0.25, 0.3) is 0 Å². The summed E-state index contributed by atoms with van der Waals surface area (Å²) in [4.78, 5) is 4.71. The van der Waals surface area contributed by atoms with Gasteiger partial charge in [-0.2, -0.15) is 5.26 Å². The van der Waals surface area contributed by atoms with Gasteiger partial charge >= 0.3 is 0 Å². The van der Waals surface area contributed by atoms with Crippen molar-refractivity contribution in [1.29, 1.82) is 5.26 Å². The van der Waals surface area contributed by atoms with Crippen LogP contribution < -0.4 is 0 Å². The van der Waals surface area contributed by atoms with Crippen molar-refractivity contribution in [2.75, 3.05) is 0 Å². The molecule has 2 aliphatic rings. The van der Waals surface area contributed by atoms with Crippen molar-refractivity contribution in [2.24, 2.45) is 5.92 Å². The molecule has 0 aromatic carbocycles. The molecule has 1 aromatic heterocycles. The minimum Gasteiger partial charge on any atom is -0.264 e. The number of fused-ring (bicyclic) bond motifs is 1. The SMILES string of the molecule is N#CC1C=Cc2c(nc(C3=CCCC=C3)n2I)C1. The average Bonchev–Trinajstić information content (AvgIpc) is 2.76. The van der Waals surface area contributed by atoms with Crippen LogP contribution in [0.15, 0.2) is 24.3 Å². The molecule has 90 valence electrons. The third-order valence-corrected chi connectivity index (χ3v) is 4.23. The van der Waals surface area contributed by atoms with E-state index in [4.69, 9.17) is 10.2 Å². The van der Waals surface area contributed by atoms with Crippen LogP contribution in [0.2, 0.25) is 0 Å². The normalized spacial score (nSPS) is 21.3. The lowest BCUT2D eigenvalue weighted by Gasteiger charge is -2.08. The molecule has 0 saturated heterocycles. The summed E-state index contributed by atoms with van der Waals surface area (Å²) in [6, 6.07) is 2.29. The van der Waals surface area contributed by atoms with Gasteiger partial charge in [-0.1, -0.05) is 24.3 Å². The van der Waals surface area contributed by atoms with Gasteiger partial charge in [-0.15, -0.1) is 0 Å². The van der Waals surface area contributed by atoms with Crippen LogP contribution in [0.3, 0.4) is 0 Å². The van der Waals surface area contributed by atoms with Gasteiger partial charge in [0.15, 0.2) is 0 Å². The van der Waals surface area contributed by atoms with Crippen LogP contribution in [0.1, 0.15) is 30.1 Å². The van der Waals surface area contributed by atoms with E-state index in [9.17, 15) is 0 Å². The Hall–Kier alpha value is -1.35. The number of halogens is 1. The summed E-state index contributed by atoms with van der Waals surface area (Å²) in [6.07, 6.45) is 13.5. The lowest BCUT2D eigenvalue weighted by Crippen LogP contribution is -2.04. The van der Waals surface area contributed by atoms with E-state index in [-0.39, 0.29) is 5.92 Å². The second kappa shape index (κ2) is 4.73. The first-order chi connectivity index (χ1) is 8.79. The number of rotatable bonds is 1. The Morgan fingerprint density at radius 2 is 2.28 bits per heavy atom. The van der Waals surface area contributed by atoms with E-state index in [1.807, 2.05) is 12.2 Å². The minimum absolute atomic E-state index is 0.0347. The van der Waals surface area contributed by atoms with Crippen LogP contribution >= 0.6 is 22.9 Å². The van der Waals surface area contributed by atoms with Gasteiger partial charge in [-0.3, -0.25) is 2.78 Å². The molecule has 2 aliphatic carbocycles. The van der Waals surface area contributed by atoms with Crippen molar-refractivity contribution < 1.29 is 0 Å². The quantitative estimate of drug-likeness (QED) is 0.728. The summed E-state index contributed by atoms with van der Waals surface area (Å²) in [5, 5.41) is 8.98. The highest BCUT2D eigenvalue weighted by molar-refractivity contribution is 14.1. The van der Waals surface area contributed by atoms with Crippen molar-refractivity contribution >= 4 is 34.5 Å². The fraction of sp³-hybridized carbons (Fsp3) is 0.286. The highest BCUT2D eigenvalue weighted by Gasteiger charge is 2.21. The molecule has 0 radical (unpaired) electrons.